The summed E-state index contributed by atoms with van der Waals surface area (Å²) < 4.78 is 0.767. The van der Waals surface area contributed by atoms with Crippen LogP contribution in [0.4, 0.5) is 0 Å². The maximum atomic E-state index is 13.6. The summed E-state index contributed by atoms with van der Waals surface area (Å²) >= 11 is 2.06. The summed E-state index contributed by atoms with van der Waals surface area (Å²) in [5.41, 5.74) is 3.37. The molecule has 7 atom stereocenters. The van der Waals surface area contributed by atoms with Crippen LogP contribution in [0.5, 0.6) is 5.75 Å². The molecule has 2 fully saturated rings. The van der Waals surface area contributed by atoms with E-state index in [9.17, 15) is 34.5 Å². The van der Waals surface area contributed by atoms with Gasteiger partial charge in [0.15, 0.2) is 23.0 Å². The van der Waals surface area contributed by atoms with Crippen LogP contribution in [0.1, 0.15) is 22.3 Å². The fourth-order valence-corrected chi connectivity index (χ4v) is 6.45. The molecule has 3 aliphatic carbocycles. The van der Waals surface area contributed by atoms with Crippen molar-refractivity contribution in [3.63, 3.8) is 0 Å². The van der Waals surface area contributed by atoms with Crippen molar-refractivity contribution >= 4 is 45.8 Å². The SMILES string of the molecule is CN(C)[C@@H]1C(O)C(C(N)=O)C(=O)[C@@]2(O)C(=O)C3C(=O)c4c(O)ccc(I)c4CC3CC12. The second-order valence-corrected chi connectivity index (χ2v) is 10.1. The lowest BCUT2D eigenvalue weighted by atomic mass is 9.52. The molecule has 0 spiro atoms. The maximum absolute atomic E-state index is 13.6. The van der Waals surface area contributed by atoms with Crippen LogP contribution in [0.3, 0.4) is 0 Å². The number of primary amides is 1. The van der Waals surface area contributed by atoms with Gasteiger partial charge in [-0.3, -0.25) is 19.2 Å². The Morgan fingerprint density at radius 2 is 1.87 bits per heavy atom. The van der Waals surface area contributed by atoms with Crippen LogP contribution in [0.15, 0.2) is 12.1 Å². The molecule has 0 radical (unpaired) electrons. The first-order valence-electron chi connectivity index (χ1n) is 9.92. The number of phenols is 1. The summed E-state index contributed by atoms with van der Waals surface area (Å²) in [6.07, 6.45) is -1.08. The van der Waals surface area contributed by atoms with Crippen LogP contribution in [0, 0.1) is 27.2 Å². The minimum atomic E-state index is -2.63. The summed E-state index contributed by atoms with van der Waals surface area (Å²) in [5.74, 6) is -8.81. The maximum Gasteiger partial charge on any atom is 0.230 e. The third-order valence-corrected chi connectivity index (χ3v) is 8.13. The van der Waals surface area contributed by atoms with Gasteiger partial charge < -0.3 is 26.0 Å². The van der Waals surface area contributed by atoms with E-state index in [4.69, 9.17) is 5.73 Å². The molecule has 5 unspecified atom stereocenters. The van der Waals surface area contributed by atoms with Crippen molar-refractivity contribution in [2.75, 3.05) is 14.1 Å². The number of rotatable bonds is 2. The fraction of sp³-hybridized carbons (Fsp3) is 0.524. The lowest BCUT2D eigenvalue weighted by molar-refractivity contribution is -0.190. The Balaban J connectivity index is 1.87. The van der Waals surface area contributed by atoms with Crippen molar-refractivity contribution in [2.24, 2.45) is 29.4 Å². The van der Waals surface area contributed by atoms with Gasteiger partial charge in [0.2, 0.25) is 5.91 Å². The summed E-state index contributed by atoms with van der Waals surface area (Å²) in [6.45, 7) is 0. The number of nitrogens with two attached hydrogens (primary N) is 1. The highest BCUT2D eigenvalue weighted by molar-refractivity contribution is 14.1. The van der Waals surface area contributed by atoms with Crippen LogP contribution in [0.25, 0.3) is 0 Å². The van der Waals surface area contributed by atoms with Gasteiger partial charge in [-0.2, -0.15) is 0 Å². The van der Waals surface area contributed by atoms with Gasteiger partial charge in [0.25, 0.3) is 0 Å². The van der Waals surface area contributed by atoms with Crippen LogP contribution < -0.4 is 5.73 Å². The number of aliphatic hydroxyl groups excluding tert-OH is 1. The van der Waals surface area contributed by atoms with E-state index in [0.717, 1.165) is 3.57 Å². The highest BCUT2D eigenvalue weighted by Crippen LogP contribution is 2.51. The molecule has 0 aromatic heterocycles. The van der Waals surface area contributed by atoms with Crippen molar-refractivity contribution in [3.05, 3.63) is 26.8 Å². The number of aromatic hydroxyl groups is 1. The van der Waals surface area contributed by atoms with E-state index in [1.165, 1.54) is 6.07 Å². The van der Waals surface area contributed by atoms with E-state index in [-0.39, 0.29) is 17.7 Å². The number of halogens is 1. The van der Waals surface area contributed by atoms with Gasteiger partial charge in [-0.15, -0.1) is 0 Å². The minimum absolute atomic E-state index is 0.0300. The zero-order chi connectivity index (χ0) is 23.0. The largest absolute Gasteiger partial charge is 0.507 e. The third kappa shape index (κ3) is 2.91. The quantitative estimate of drug-likeness (QED) is 0.281. The monoisotopic (exact) mass is 542 g/mol. The van der Waals surface area contributed by atoms with Gasteiger partial charge in [0.1, 0.15) is 11.7 Å². The van der Waals surface area contributed by atoms with E-state index < -0.39 is 64.7 Å². The molecule has 2 saturated carbocycles. The van der Waals surface area contributed by atoms with E-state index in [1.807, 2.05) is 0 Å². The number of hydrogen-bond acceptors (Lipinski definition) is 8. The Hall–Kier alpha value is -1.89. The number of likely N-dealkylation sites (N-methyl/N-ethyl adjacent to an activating group) is 1. The van der Waals surface area contributed by atoms with Crippen LogP contribution in [0.2, 0.25) is 0 Å². The van der Waals surface area contributed by atoms with E-state index in [0.29, 0.717) is 12.0 Å². The zero-order valence-corrected chi connectivity index (χ0v) is 19.1. The molecule has 4 rings (SSSR count). The standard InChI is InChI=1S/C21H23IN2O7/c1-24(2)15-9-6-7-5-8-10(22)3-4-11(25)13(8)16(26)12(7)18(28)21(9,31)19(29)14(17(15)27)20(23)30/h3-4,7,9,12,14-15,17,25,27,31H,5-6H2,1-2H3,(H2,23,30)/t7?,9?,12?,14?,15-,17?,21-/m0/s1. The highest BCUT2D eigenvalue weighted by Gasteiger charge is 2.69. The van der Waals surface area contributed by atoms with E-state index in [1.54, 1.807) is 25.1 Å². The zero-order valence-electron chi connectivity index (χ0n) is 16.9. The molecule has 1 amide bonds. The first-order valence-corrected chi connectivity index (χ1v) is 11.0. The first-order chi connectivity index (χ1) is 14.4. The number of aliphatic hydroxyl groups is 2. The summed E-state index contributed by atoms with van der Waals surface area (Å²) in [7, 11) is 3.22. The van der Waals surface area contributed by atoms with Gasteiger partial charge in [-0.1, -0.05) is 0 Å². The Kier molecular flexibility index (Phi) is 5.27. The first kappa shape index (κ1) is 22.3. The second kappa shape index (κ2) is 7.32. The number of carbonyl (C=O) groups excluding carboxylic acids is 4. The molecule has 5 N–H and O–H groups in total. The summed E-state index contributed by atoms with van der Waals surface area (Å²) in [5, 5.41) is 32.5. The number of Topliss-reactive ketones (excluding diaryl/α,β-unsaturated/α-hetero) is 3. The molecule has 0 aliphatic heterocycles. The fourth-order valence-electron chi connectivity index (χ4n) is 5.78. The van der Waals surface area contributed by atoms with Gasteiger partial charge in [0.05, 0.1) is 17.6 Å². The molecule has 0 saturated heterocycles. The number of benzene rings is 1. The number of carbonyl (C=O) groups is 4. The molecule has 166 valence electrons. The van der Waals surface area contributed by atoms with Gasteiger partial charge >= 0.3 is 0 Å². The lowest BCUT2D eigenvalue weighted by Crippen LogP contribution is -2.75. The molecule has 0 heterocycles. The van der Waals surface area contributed by atoms with Crippen LogP contribution in [-0.4, -0.2) is 75.3 Å². The molecular formula is C21H23IN2O7. The van der Waals surface area contributed by atoms with E-state index in [2.05, 4.69) is 22.6 Å². The molecular weight excluding hydrogens is 519 g/mol. The predicted molar refractivity (Wildman–Crippen MR) is 115 cm³/mol. The molecule has 1 aromatic rings. The lowest BCUT2D eigenvalue weighted by Gasteiger charge is -2.54. The molecule has 10 heteroatoms. The van der Waals surface area contributed by atoms with E-state index >= 15 is 0 Å². The van der Waals surface area contributed by atoms with Gasteiger partial charge in [0, 0.05) is 15.5 Å². The highest BCUT2D eigenvalue weighted by atomic mass is 127. The number of nitrogens with zero attached hydrogens (tertiary/aromatic N) is 1. The summed E-state index contributed by atoms with van der Waals surface area (Å²) in [6, 6.07) is 2.15. The van der Waals surface area contributed by atoms with Crippen molar-refractivity contribution in [3.8, 4) is 5.75 Å². The molecule has 3 aliphatic rings. The number of ketones is 3. The summed E-state index contributed by atoms with van der Waals surface area (Å²) in [4.78, 5) is 53.5. The number of amides is 1. The average Bonchev–Trinajstić information content (AvgIpc) is 2.67. The Morgan fingerprint density at radius 1 is 1.23 bits per heavy atom. The molecule has 31 heavy (non-hydrogen) atoms. The normalized spacial score (nSPS) is 37.3. The number of fused-ring (bicyclic) bond motifs is 3. The Bertz CT molecular complexity index is 1030. The Labute approximate surface area is 191 Å². The van der Waals surface area contributed by atoms with Gasteiger partial charge in [-0.05, 0) is 73.1 Å². The third-order valence-electron chi connectivity index (χ3n) is 7.12. The molecule has 0 bridgehead atoms. The van der Waals surface area contributed by atoms with Crippen molar-refractivity contribution in [1.82, 2.24) is 4.90 Å². The topological polar surface area (TPSA) is 158 Å². The Morgan fingerprint density at radius 3 is 2.45 bits per heavy atom. The number of hydrogen-bond donors (Lipinski definition) is 4. The minimum Gasteiger partial charge on any atom is -0.507 e. The molecule has 1 aromatic carbocycles. The average molecular weight is 542 g/mol. The van der Waals surface area contributed by atoms with Crippen molar-refractivity contribution in [2.45, 2.75) is 30.6 Å². The van der Waals surface area contributed by atoms with Crippen LogP contribution in [-0.2, 0) is 20.8 Å². The van der Waals surface area contributed by atoms with Crippen molar-refractivity contribution < 1.29 is 34.5 Å². The number of phenolic OH excluding ortho intramolecular Hbond substituents is 1. The smallest absolute Gasteiger partial charge is 0.230 e. The second-order valence-electron chi connectivity index (χ2n) is 8.89. The molecule has 9 nitrogen and oxygen atoms in total. The van der Waals surface area contributed by atoms with Gasteiger partial charge in [-0.25, -0.2) is 0 Å². The van der Waals surface area contributed by atoms with Crippen molar-refractivity contribution in [1.29, 1.82) is 0 Å². The van der Waals surface area contributed by atoms with Crippen LogP contribution >= 0.6 is 22.6 Å². The predicted octanol–water partition coefficient (Wildman–Crippen LogP) is -0.737.